The van der Waals surface area contributed by atoms with Crippen molar-refractivity contribution in [3.05, 3.63) is 42.4 Å². The minimum atomic E-state index is 0.138. The van der Waals surface area contributed by atoms with Gasteiger partial charge >= 0.3 is 0 Å². The van der Waals surface area contributed by atoms with Gasteiger partial charge in [0.05, 0.1) is 5.75 Å². The number of nitrogens with zero attached hydrogens (tertiary/aromatic N) is 4. The zero-order valence-corrected chi connectivity index (χ0v) is 17.2. The first-order valence-electron chi connectivity index (χ1n) is 9.96. The van der Waals surface area contributed by atoms with E-state index >= 15 is 0 Å². The highest BCUT2D eigenvalue weighted by Crippen LogP contribution is 2.25. The van der Waals surface area contributed by atoms with Gasteiger partial charge in [-0.2, -0.15) is 0 Å². The van der Waals surface area contributed by atoms with Gasteiger partial charge in [0.25, 0.3) is 11.1 Å². The monoisotopic (exact) mass is 412 g/mol. The molecule has 3 heterocycles. The number of piperidine rings is 1. The lowest BCUT2D eigenvalue weighted by Crippen LogP contribution is -2.44. The summed E-state index contributed by atoms with van der Waals surface area (Å²) in [5, 5.41) is 9.45. The average Bonchev–Trinajstić information content (AvgIpc) is 3.23. The number of carbonyl (C=O) groups excluding carboxylic acids is 1. The Balaban J connectivity index is 1.32. The molecule has 1 fully saturated rings. The second kappa shape index (κ2) is 9.26. The van der Waals surface area contributed by atoms with Crippen LogP contribution in [0.5, 0.6) is 5.75 Å². The van der Waals surface area contributed by atoms with Crippen LogP contribution in [0.25, 0.3) is 10.9 Å². The molecule has 7 nitrogen and oxygen atoms in total. The summed E-state index contributed by atoms with van der Waals surface area (Å²) in [4.78, 5) is 18.9. The summed E-state index contributed by atoms with van der Waals surface area (Å²) in [5.74, 6) is 1.49. The molecule has 29 heavy (non-hydrogen) atoms. The Bertz CT molecular complexity index is 972. The Kier molecular flexibility index (Phi) is 6.29. The molecule has 0 radical (unpaired) electrons. The topological polar surface area (TPSA) is 81.4 Å². The SMILES string of the molecule is CC[C@@H]1CCCCN1C(=O)CSc1nnc(COc2cccc3cccnc23)o1. The van der Waals surface area contributed by atoms with Crippen LogP contribution in [0.4, 0.5) is 0 Å². The van der Waals surface area contributed by atoms with Crippen LogP contribution < -0.4 is 4.74 Å². The van der Waals surface area contributed by atoms with Gasteiger partial charge in [0.15, 0.2) is 6.61 Å². The number of rotatable bonds is 7. The molecule has 1 saturated heterocycles. The van der Waals surface area contributed by atoms with Gasteiger partial charge in [-0.05, 0) is 37.8 Å². The van der Waals surface area contributed by atoms with E-state index in [-0.39, 0.29) is 12.5 Å². The Morgan fingerprint density at radius 3 is 3.07 bits per heavy atom. The molecule has 1 amide bonds. The normalized spacial score (nSPS) is 16.9. The van der Waals surface area contributed by atoms with Crippen molar-refractivity contribution in [2.75, 3.05) is 12.3 Å². The van der Waals surface area contributed by atoms with Crippen molar-refractivity contribution in [1.29, 1.82) is 0 Å². The van der Waals surface area contributed by atoms with Gasteiger partial charge in [-0.15, -0.1) is 10.2 Å². The summed E-state index contributed by atoms with van der Waals surface area (Å²) < 4.78 is 11.5. The standard InChI is InChI=1S/C21H24N4O3S/c1-2-16-9-3-4-12-25(16)19(26)14-29-21-24-23-18(28-21)13-27-17-10-5-7-15-8-6-11-22-20(15)17/h5-8,10-11,16H,2-4,9,12-14H2,1H3/t16-/m1/s1. The first kappa shape index (κ1) is 19.7. The Hall–Kier alpha value is -2.61. The Morgan fingerprint density at radius 2 is 2.17 bits per heavy atom. The van der Waals surface area contributed by atoms with Crippen LogP contribution in [0.15, 0.2) is 46.2 Å². The average molecular weight is 413 g/mol. The molecule has 152 valence electrons. The molecule has 0 spiro atoms. The summed E-state index contributed by atoms with van der Waals surface area (Å²) in [7, 11) is 0. The third-order valence-corrected chi connectivity index (χ3v) is 5.94. The van der Waals surface area contributed by atoms with Crippen LogP contribution in [-0.2, 0) is 11.4 Å². The van der Waals surface area contributed by atoms with Crippen LogP contribution in [0.1, 0.15) is 38.5 Å². The fourth-order valence-electron chi connectivity index (χ4n) is 3.65. The van der Waals surface area contributed by atoms with Crippen LogP contribution >= 0.6 is 11.8 Å². The van der Waals surface area contributed by atoms with Gasteiger partial charge in [-0.3, -0.25) is 9.78 Å². The van der Waals surface area contributed by atoms with Crippen molar-refractivity contribution in [3.8, 4) is 5.75 Å². The summed E-state index contributed by atoms with van der Waals surface area (Å²) in [6.07, 6.45) is 6.12. The number of para-hydroxylation sites is 1. The van der Waals surface area contributed by atoms with E-state index in [1.807, 2.05) is 35.2 Å². The second-order valence-corrected chi connectivity index (χ2v) is 7.94. The molecule has 1 atom stereocenters. The molecule has 3 aromatic rings. The molecule has 0 saturated carbocycles. The van der Waals surface area contributed by atoms with E-state index in [4.69, 9.17) is 9.15 Å². The number of pyridine rings is 1. The van der Waals surface area contributed by atoms with Crippen molar-refractivity contribution in [2.24, 2.45) is 0 Å². The smallest absolute Gasteiger partial charge is 0.277 e. The van der Waals surface area contributed by atoms with E-state index < -0.39 is 0 Å². The van der Waals surface area contributed by atoms with E-state index in [0.29, 0.717) is 28.7 Å². The number of likely N-dealkylation sites (tertiary alicyclic amines) is 1. The van der Waals surface area contributed by atoms with E-state index in [1.165, 1.54) is 18.2 Å². The molecule has 0 unspecified atom stereocenters. The summed E-state index contributed by atoms with van der Waals surface area (Å²) in [6, 6.07) is 10.0. The first-order chi connectivity index (χ1) is 14.2. The van der Waals surface area contributed by atoms with Gasteiger partial charge in [-0.25, -0.2) is 0 Å². The molecule has 4 rings (SSSR count). The van der Waals surface area contributed by atoms with Crippen LogP contribution in [0.3, 0.4) is 0 Å². The minimum Gasteiger partial charge on any atom is -0.482 e. The van der Waals surface area contributed by atoms with Gasteiger partial charge in [0, 0.05) is 24.2 Å². The van der Waals surface area contributed by atoms with E-state index in [1.54, 1.807) is 6.20 Å². The first-order valence-corrected chi connectivity index (χ1v) is 10.9. The van der Waals surface area contributed by atoms with Crippen LogP contribution in [-0.4, -0.2) is 44.3 Å². The molecular weight excluding hydrogens is 388 g/mol. The van der Waals surface area contributed by atoms with Gasteiger partial charge in [0.2, 0.25) is 5.91 Å². The number of amides is 1. The number of hydrogen-bond donors (Lipinski definition) is 0. The number of benzene rings is 1. The van der Waals surface area contributed by atoms with Gasteiger partial charge in [0.1, 0.15) is 11.3 Å². The minimum absolute atomic E-state index is 0.138. The number of fused-ring (bicyclic) bond motifs is 1. The maximum Gasteiger partial charge on any atom is 0.277 e. The zero-order valence-electron chi connectivity index (χ0n) is 16.4. The number of carbonyl (C=O) groups is 1. The Morgan fingerprint density at radius 1 is 1.28 bits per heavy atom. The second-order valence-electron chi connectivity index (χ2n) is 7.02. The van der Waals surface area contributed by atoms with Gasteiger partial charge in [-0.1, -0.05) is 36.9 Å². The molecule has 8 heteroatoms. The largest absolute Gasteiger partial charge is 0.482 e. The third kappa shape index (κ3) is 4.70. The summed E-state index contributed by atoms with van der Waals surface area (Å²) >= 11 is 1.28. The number of ether oxygens (including phenoxy) is 1. The lowest BCUT2D eigenvalue weighted by molar-refractivity contribution is -0.132. The maximum atomic E-state index is 12.6. The number of hydrogen-bond acceptors (Lipinski definition) is 7. The quantitative estimate of drug-likeness (QED) is 0.541. The van der Waals surface area contributed by atoms with Crippen LogP contribution in [0.2, 0.25) is 0 Å². The molecule has 1 aliphatic heterocycles. The van der Waals surface area contributed by atoms with Crippen molar-refractivity contribution in [1.82, 2.24) is 20.1 Å². The predicted molar refractivity (Wildman–Crippen MR) is 111 cm³/mol. The molecule has 0 aliphatic carbocycles. The summed E-state index contributed by atoms with van der Waals surface area (Å²) in [6.45, 7) is 3.14. The fourth-order valence-corrected chi connectivity index (χ4v) is 4.31. The van der Waals surface area contributed by atoms with Crippen molar-refractivity contribution in [3.63, 3.8) is 0 Å². The Labute approximate surface area is 173 Å². The zero-order chi connectivity index (χ0) is 20.1. The predicted octanol–water partition coefficient (Wildman–Crippen LogP) is 4.08. The highest BCUT2D eigenvalue weighted by molar-refractivity contribution is 7.99. The third-order valence-electron chi connectivity index (χ3n) is 5.13. The lowest BCUT2D eigenvalue weighted by Gasteiger charge is -2.35. The van der Waals surface area contributed by atoms with E-state index in [9.17, 15) is 4.79 Å². The lowest BCUT2D eigenvalue weighted by atomic mass is 10.0. The number of aromatic nitrogens is 3. The number of thioether (sulfide) groups is 1. The fraction of sp³-hybridized carbons (Fsp3) is 0.429. The van der Waals surface area contributed by atoms with Crippen LogP contribution in [0, 0.1) is 0 Å². The van der Waals surface area contributed by atoms with Gasteiger partial charge < -0.3 is 14.1 Å². The molecule has 1 aromatic carbocycles. The van der Waals surface area contributed by atoms with E-state index in [0.717, 1.165) is 36.7 Å². The molecule has 2 aromatic heterocycles. The van der Waals surface area contributed by atoms with Crippen molar-refractivity contribution in [2.45, 2.75) is 50.5 Å². The molecular formula is C21H24N4O3S. The van der Waals surface area contributed by atoms with E-state index in [2.05, 4.69) is 22.1 Å². The maximum absolute atomic E-state index is 12.6. The summed E-state index contributed by atoms with van der Waals surface area (Å²) in [5.41, 5.74) is 0.793. The van der Waals surface area contributed by atoms with Crippen molar-refractivity contribution >= 4 is 28.6 Å². The molecule has 1 aliphatic rings. The highest BCUT2D eigenvalue weighted by Gasteiger charge is 2.25. The van der Waals surface area contributed by atoms with Crippen molar-refractivity contribution < 1.29 is 13.9 Å². The molecule has 0 N–H and O–H groups in total. The highest BCUT2D eigenvalue weighted by atomic mass is 32.2. The molecule has 0 bridgehead atoms.